The van der Waals surface area contributed by atoms with E-state index in [1.54, 1.807) is 31.3 Å². The van der Waals surface area contributed by atoms with Gasteiger partial charge >= 0.3 is 0 Å². The lowest BCUT2D eigenvalue weighted by molar-refractivity contribution is 0.103. The van der Waals surface area contributed by atoms with E-state index in [-0.39, 0.29) is 17.1 Å². The van der Waals surface area contributed by atoms with Crippen molar-refractivity contribution in [3.05, 3.63) is 119 Å². The zero-order valence-corrected chi connectivity index (χ0v) is 18.3. The molecule has 0 spiro atoms. The number of aryl methyl sites for hydroxylation is 1. The highest BCUT2D eigenvalue weighted by atomic mass is 16.5. The van der Waals surface area contributed by atoms with Crippen molar-refractivity contribution >= 4 is 16.7 Å². The number of hydrogen-bond donors (Lipinski definition) is 0. The molecule has 0 atom stereocenters. The van der Waals surface area contributed by atoms with Crippen molar-refractivity contribution in [3.8, 4) is 34.1 Å². The monoisotopic (exact) mass is 445 g/mol. The molecule has 1 aromatic heterocycles. The van der Waals surface area contributed by atoms with Gasteiger partial charge in [-0.2, -0.15) is 0 Å². The molecule has 5 nitrogen and oxygen atoms in total. The Balaban J connectivity index is 1.71. The van der Waals surface area contributed by atoms with Crippen LogP contribution in [0.25, 0.3) is 22.0 Å². The van der Waals surface area contributed by atoms with E-state index < -0.39 is 0 Å². The van der Waals surface area contributed by atoms with Crippen molar-refractivity contribution in [2.24, 2.45) is 7.05 Å². The SMILES string of the molecule is Cn1c(=O)c(Oc2ccccc2)c2c3c(c(Oc4ccccc4)ccc31)C(=O)c1ccccc1-2. The number of hydrogen-bond acceptors (Lipinski definition) is 4. The molecule has 0 fully saturated rings. The Hall–Kier alpha value is -4.64. The van der Waals surface area contributed by atoms with Crippen LogP contribution in [-0.4, -0.2) is 10.4 Å². The number of pyridine rings is 1. The van der Waals surface area contributed by atoms with Crippen molar-refractivity contribution in [3.63, 3.8) is 0 Å². The first-order valence-corrected chi connectivity index (χ1v) is 10.9. The lowest BCUT2D eigenvalue weighted by Gasteiger charge is -2.25. The topological polar surface area (TPSA) is 57.5 Å². The molecule has 0 amide bonds. The van der Waals surface area contributed by atoms with Crippen LogP contribution in [0.2, 0.25) is 0 Å². The highest BCUT2D eigenvalue weighted by Gasteiger charge is 2.33. The third-order valence-electron chi connectivity index (χ3n) is 6.08. The Labute approximate surface area is 195 Å². The highest BCUT2D eigenvalue weighted by Crippen LogP contribution is 2.47. The second-order valence-corrected chi connectivity index (χ2v) is 8.11. The number of nitrogens with zero attached hydrogens (tertiary/aromatic N) is 1. The largest absolute Gasteiger partial charge is 0.457 e. The molecule has 0 bridgehead atoms. The van der Waals surface area contributed by atoms with E-state index in [9.17, 15) is 9.59 Å². The fourth-order valence-electron chi connectivity index (χ4n) is 4.51. The maximum Gasteiger partial charge on any atom is 0.294 e. The molecule has 1 aliphatic carbocycles. The standard InChI is InChI=1S/C29H19NO4/c1-30-22-16-17-23(33-18-10-4-2-5-11-18)26-25(22)24(20-14-8-9-15-21(20)27(26)31)28(29(30)32)34-19-12-6-3-7-13-19/h2-17H,1H3. The van der Waals surface area contributed by atoms with Gasteiger partial charge in [0.1, 0.15) is 17.2 Å². The summed E-state index contributed by atoms with van der Waals surface area (Å²) in [6, 6.07) is 29.4. The van der Waals surface area contributed by atoms with Gasteiger partial charge in [0.25, 0.3) is 5.56 Å². The highest BCUT2D eigenvalue weighted by molar-refractivity contribution is 6.27. The van der Waals surface area contributed by atoms with Crippen molar-refractivity contribution in [1.82, 2.24) is 4.57 Å². The molecular weight excluding hydrogens is 426 g/mol. The van der Waals surface area contributed by atoms with Crippen LogP contribution in [0.1, 0.15) is 15.9 Å². The van der Waals surface area contributed by atoms with Crippen LogP contribution in [0.15, 0.2) is 102 Å². The van der Waals surface area contributed by atoms with Crippen LogP contribution in [0.4, 0.5) is 0 Å². The van der Waals surface area contributed by atoms with Crippen LogP contribution in [0.5, 0.6) is 23.0 Å². The van der Waals surface area contributed by atoms with E-state index in [0.717, 1.165) is 0 Å². The minimum absolute atomic E-state index is 0.149. The van der Waals surface area contributed by atoms with E-state index in [1.165, 1.54) is 4.57 Å². The van der Waals surface area contributed by atoms with Crippen LogP contribution in [0.3, 0.4) is 0 Å². The number of para-hydroxylation sites is 2. The first-order chi connectivity index (χ1) is 16.6. The summed E-state index contributed by atoms with van der Waals surface area (Å²) in [5.41, 5.74) is 2.56. The van der Waals surface area contributed by atoms with E-state index in [4.69, 9.17) is 9.47 Å². The molecule has 34 heavy (non-hydrogen) atoms. The summed E-state index contributed by atoms with van der Waals surface area (Å²) in [5, 5.41) is 0.644. The van der Waals surface area contributed by atoms with Gasteiger partial charge in [0, 0.05) is 23.6 Å². The number of aromatic nitrogens is 1. The Morgan fingerprint density at radius 3 is 1.88 bits per heavy atom. The van der Waals surface area contributed by atoms with E-state index in [2.05, 4.69) is 0 Å². The molecule has 4 aromatic carbocycles. The van der Waals surface area contributed by atoms with Crippen LogP contribution >= 0.6 is 0 Å². The maximum absolute atomic E-state index is 13.8. The zero-order valence-electron chi connectivity index (χ0n) is 18.3. The summed E-state index contributed by atoms with van der Waals surface area (Å²) in [4.78, 5) is 27.3. The van der Waals surface area contributed by atoms with Gasteiger partial charge in [0.2, 0.25) is 5.75 Å². The normalized spacial score (nSPS) is 11.9. The van der Waals surface area contributed by atoms with Gasteiger partial charge in [-0.3, -0.25) is 9.59 Å². The second-order valence-electron chi connectivity index (χ2n) is 8.11. The molecule has 5 heteroatoms. The van der Waals surface area contributed by atoms with E-state index >= 15 is 0 Å². The van der Waals surface area contributed by atoms with Crippen LogP contribution < -0.4 is 15.0 Å². The molecule has 0 saturated carbocycles. The molecule has 0 unspecified atom stereocenters. The van der Waals surface area contributed by atoms with Crippen LogP contribution in [0, 0.1) is 0 Å². The lowest BCUT2D eigenvalue weighted by atomic mass is 9.83. The molecule has 0 radical (unpaired) electrons. The minimum atomic E-state index is -0.279. The Morgan fingerprint density at radius 2 is 1.21 bits per heavy atom. The molecule has 0 aliphatic heterocycles. The molecule has 0 saturated heterocycles. The average molecular weight is 445 g/mol. The van der Waals surface area contributed by atoms with Gasteiger partial charge in [-0.05, 0) is 42.0 Å². The Kier molecular flexibility index (Phi) is 4.56. The molecule has 164 valence electrons. The average Bonchev–Trinajstić information content (AvgIpc) is 2.88. The number of carbonyl (C=O) groups excluding carboxylic acids is 1. The van der Waals surface area contributed by atoms with Crippen LogP contribution in [-0.2, 0) is 7.05 Å². The number of rotatable bonds is 4. The van der Waals surface area contributed by atoms with E-state index in [1.807, 2.05) is 72.8 Å². The lowest BCUT2D eigenvalue weighted by Crippen LogP contribution is -2.23. The Bertz CT molecular complexity index is 1640. The minimum Gasteiger partial charge on any atom is -0.457 e. The van der Waals surface area contributed by atoms with Gasteiger partial charge in [0.15, 0.2) is 5.78 Å². The molecule has 1 aliphatic rings. The van der Waals surface area contributed by atoms with Crippen molar-refractivity contribution < 1.29 is 14.3 Å². The third kappa shape index (κ3) is 3.02. The van der Waals surface area contributed by atoms with Gasteiger partial charge in [0.05, 0.1) is 11.1 Å². The molecule has 0 N–H and O–H groups in total. The number of ether oxygens (including phenoxy) is 2. The molecular formula is C29H19NO4. The second kappa shape index (κ2) is 7.74. The van der Waals surface area contributed by atoms with Gasteiger partial charge in [-0.25, -0.2) is 0 Å². The fourth-order valence-corrected chi connectivity index (χ4v) is 4.51. The van der Waals surface area contributed by atoms with Gasteiger partial charge < -0.3 is 14.0 Å². The predicted octanol–water partition coefficient (Wildman–Crippen LogP) is 6.33. The van der Waals surface area contributed by atoms with Gasteiger partial charge in [-0.1, -0.05) is 60.7 Å². The smallest absolute Gasteiger partial charge is 0.294 e. The summed E-state index contributed by atoms with van der Waals surface area (Å²) in [6.07, 6.45) is 0. The summed E-state index contributed by atoms with van der Waals surface area (Å²) in [7, 11) is 1.69. The molecule has 5 aromatic rings. The van der Waals surface area contributed by atoms with Crippen molar-refractivity contribution in [2.75, 3.05) is 0 Å². The predicted molar refractivity (Wildman–Crippen MR) is 131 cm³/mol. The summed E-state index contributed by atoms with van der Waals surface area (Å²) < 4.78 is 13.9. The van der Waals surface area contributed by atoms with E-state index in [0.29, 0.717) is 50.4 Å². The van der Waals surface area contributed by atoms with Gasteiger partial charge in [-0.15, -0.1) is 0 Å². The zero-order chi connectivity index (χ0) is 23.2. The molecule has 6 rings (SSSR count). The Morgan fingerprint density at radius 1 is 0.618 bits per heavy atom. The van der Waals surface area contributed by atoms with Crippen molar-refractivity contribution in [2.45, 2.75) is 0 Å². The number of fused-ring (bicyclic) bond motifs is 2. The summed E-state index contributed by atoms with van der Waals surface area (Å²) in [6.45, 7) is 0. The quantitative estimate of drug-likeness (QED) is 0.318. The third-order valence-corrected chi connectivity index (χ3v) is 6.08. The number of benzene rings is 4. The van der Waals surface area contributed by atoms with Crippen molar-refractivity contribution in [1.29, 1.82) is 0 Å². The molecule has 1 heterocycles. The number of carbonyl (C=O) groups is 1. The number of ketones is 1. The summed E-state index contributed by atoms with van der Waals surface area (Å²) in [5.74, 6) is 1.63. The first kappa shape index (κ1) is 20.0. The first-order valence-electron chi connectivity index (χ1n) is 10.9. The fraction of sp³-hybridized carbons (Fsp3) is 0.0345. The summed E-state index contributed by atoms with van der Waals surface area (Å²) >= 11 is 0. The maximum atomic E-state index is 13.8.